The van der Waals surface area contributed by atoms with Crippen LogP contribution in [0.5, 0.6) is 0 Å². The molecule has 1 amide bonds. The summed E-state index contributed by atoms with van der Waals surface area (Å²) < 4.78 is 45.5. The third kappa shape index (κ3) is 3.39. The van der Waals surface area contributed by atoms with Crippen molar-refractivity contribution in [3.05, 3.63) is 24.0 Å². The average molecular weight is 342 g/mol. The van der Waals surface area contributed by atoms with Crippen LogP contribution in [0.15, 0.2) is 23.1 Å². The third-order valence-corrected chi connectivity index (χ3v) is 6.15. The van der Waals surface area contributed by atoms with Crippen molar-refractivity contribution in [2.75, 3.05) is 31.6 Å². The number of anilines is 1. The Labute approximate surface area is 134 Å². The second kappa shape index (κ2) is 6.18. The van der Waals surface area contributed by atoms with E-state index in [1.807, 2.05) is 6.92 Å². The Morgan fingerprint density at radius 3 is 2.61 bits per heavy atom. The minimum absolute atomic E-state index is 0.0423. The second-order valence-corrected chi connectivity index (χ2v) is 7.88. The van der Waals surface area contributed by atoms with E-state index in [0.29, 0.717) is 11.6 Å². The van der Waals surface area contributed by atoms with Crippen LogP contribution in [-0.4, -0.2) is 44.9 Å². The van der Waals surface area contributed by atoms with Crippen LogP contribution in [0.3, 0.4) is 0 Å². The van der Waals surface area contributed by atoms with Gasteiger partial charge in [-0.15, -0.1) is 0 Å². The van der Waals surface area contributed by atoms with E-state index in [0.717, 1.165) is 12.5 Å². The predicted molar refractivity (Wildman–Crippen MR) is 81.9 cm³/mol. The molecule has 2 fully saturated rings. The van der Waals surface area contributed by atoms with Crippen molar-refractivity contribution >= 4 is 21.6 Å². The van der Waals surface area contributed by atoms with E-state index in [9.17, 15) is 17.6 Å². The van der Waals surface area contributed by atoms with E-state index < -0.39 is 20.7 Å². The van der Waals surface area contributed by atoms with Crippen molar-refractivity contribution in [1.29, 1.82) is 0 Å². The van der Waals surface area contributed by atoms with Crippen LogP contribution in [0.4, 0.5) is 10.1 Å². The van der Waals surface area contributed by atoms with E-state index in [1.165, 1.54) is 16.4 Å². The van der Waals surface area contributed by atoms with Gasteiger partial charge >= 0.3 is 0 Å². The summed E-state index contributed by atoms with van der Waals surface area (Å²) in [6.07, 6.45) is 0.825. The van der Waals surface area contributed by atoms with Crippen LogP contribution in [0.25, 0.3) is 0 Å². The number of amides is 1. The molecular weight excluding hydrogens is 323 g/mol. The molecule has 23 heavy (non-hydrogen) atoms. The van der Waals surface area contributed by atoms with Crippen molar-refractivity contribution in [1.82, 2.24) is 4.31 Å². The molecule has 6 nitrogen and oxygen atoms in total. The first kappa shape index (κ1) is 16.4. The largest absolute Gasteiger partial charge is 0.379 e. The Morgan fingerprint density at radius 1 is 1.35 bits per heavy atom. The SMILES string of the molecule is C[C@@H]1C[C@@H]1C(=O)Nc1ccc(F)c(S(=O)(=O)N2CCOCC2)c1. The molecule has 3 rings (SSSR count). The smallest absolute Gasteiger partial charge is 0.246 e. The van der Waals surface area contributed by atoms with Gasteiger partial charge in [-0.25, -0.2) is 12.8 Å². The number of halogens is 1. The van der Waals surface area contributed by atoms with Crippen LogP contribution in [-0.2, 0) is 19.6 Å². The lowest BCUT2D eigenvalue weighted by atomic mass is 10.2. The fourth-order valence-corrected chi connectivity index (χ4v) is 4.13. The minimum Gasteiger partial charge on any atom is -0.379 e. The third-order valence-electron chi connectivity index (χ3n) is 4.23. The van der Waals surface area contributed by atoms with Crippen molar-refractivity contribution in [2.24, 2.45) is 11.8 Å². The predicted octanol–water partition coefficient (Wildman–Crippen LogP) is 1.44. The summed E-state index contributed by atoms with van der Waals surface area (Å²) >= 11 is 0. The van der Waals surface area contributed by atoms with Gasteiger partial charge in [0.25, 0.3) is 0 Å². The summed E-state index contributed by atoms with van der Waals surface area (Å²) in [6, 6.07) is 3.63. The summed E-state index contributed by atoms with van der Waals surface area (Å²) in [4.78, 5) is 11.5. The fraction of sp³-hybridized carbons (Fsp3) is 0.533. The fourth-order valence-electron chi connectivity index (χ4n) is 2.63. The molecule has 1 N–H and O–H groups in total. The summed E-state index contributed by atoms with van der Waals surface area (Å²) in [5, 5.41) is 2.66. The molecule has 1 heterocycles. The zero-order valence-electron chi connectivity index (χ0n) is 12.8. The van der Waals surface area contributed by atoms with Crippen LogP contribution < -0.4 is 5.32 Å². The van der Waals surface area contributed by atoms with Crippen LogP contribution in [0.2, 0.25) is 0 Å². The number of ether oxygens (including phenoxy) is 1. The maximum atomic E-state index is 14.0. The molecule has 1 aliphatic carbocycles. The summed E-state index contributed by atoms with van der Waals surface area (Å²) in [6.45, 7) is 2.94. The second-order valence-electron chi connectivity index (χ2n) is 5.97. The van der Waals surface area contributed by atoms with Crippen LogP contribution in [0, 0.1) is 17.7 Å². The highest BCUT2D eigenvalue weighted by atomic mass is 32.2. The highest BCUT2D eigenvalue weighted by Gasteiger charge is 2.39. The highest BCUT2D eigenvalue weighted by Crippen LogP contribution is 2.38. The van der Waals surface area contributed by atoms with Crippen molar-refractivity contribution in [2.45, 2.75) is 18.2 Å². The quantitative estimate of drug-likeness (QED) is 0.898. The number of nitrogens with one attached hydrogen (secondary N) is 1. The first-order valence-electron chi connectivity index (χ1n) is 7.58. The average Bonchev–Trinajstić information content (AvgIpc) is 3.27. The molecule has 0 spiro atoms. The molecular formula is C15H19FN2O4S. The molecule has 126 valence electrons. The number of hydrogen-bond acceptors (Lipinski definition) is 4. The summed E-state index contributed by atoms with van der Waals surface area (Å²) in [7, 11) is -3.94. The minimum atomic E-state index is -3.94. The molecule has 2 atom stereocenters. The van der Waals surface area contributed by atoms with Crippen molar-refractivity contribution in [3.8, 4) is 0 Å². The van der Waals surface area contributed by atoms with Gasteiger partial charge < -0.3 is 10.1 Å². The molecule has 0 radical (unpaired) electrons. The Bertz CT molecular complexity index is 716. The Morgan fingerprint density at radius 2 is 2.00 bits per heavy atom. The van der Waals surface area contributed by atoms with Gasteiger partial charge in [-0.1, -0.05) is 6.92 Å². The number of morpholine rings is 1. The van der Waals surface area contributed by atoms with E-state index >= 15 is 0 Å². The lowest BCUT2D eigenvalue weighted by Crippen LogP contribution is -2.40. The van der Waals surface area contributed by atoms with Crippen LogP contribution in [0.1, 0.15) is 13.3 Å². The number of carbonyl (C=O) groups is 1. The van der Waals surface area contributed by atoms with Crippen LogP contribution >= 0.6 is 0 Å². The number of carbonyl (C=O) groups excluding carboxylic acids is 1. The van der Waals surface area contributed by atoms with Gasteiger partial charge in [0.15, 0.2) is 0 Å². The number of nitrogens with zero attached hydrogens (tertiary/aromatic N) is 1. The first-order valence-corrected chi connectivity index (χ1v) is 9.02. The van der Waals surface area contributed by atoms with Gasteiger partial charge in [0.05, 0.1) is 13.2 Å². The molecule has 2 aliphatic rings. The van der Waals surface area contributed by atoms with E-state index in [4.69, 9.17) is 4.74 Å². The van der Waals surface area contributed by atoms with Gasteiger partial charge in [-0.3, -0.25) is 4.79 Å². The maximum Gasteiger partial charge on any atom is 0.246 e. The van der Waals surface area contributed by atoms with E-state index in [1.54, 1.807) is 0 Å². The molecule has 1 saturated heterocycles. The topological polar surface area (TPSA) is 75.7 Å². The lowest BCUT2D eigenvalue weighted by molar-refractivity contribution is -0.117. The van der Waals surface area contributed by atoms with Gasteiger partial charge in [-0.05, 0) is 30.5 Å². The van der Waals surface area contributed by atoms with Gasteiger partial charge in [0, 0.05) is 24.7 Å². The molecule has 1 saturated carbocycles. The van der Waals surface area contributed by atoms with Gasteiger partial charge in [-0.2, -0.15) is 4.31 Å². The van der Waals surface area contributed by atoms with Gasteiger partial charge in [0.1, 0.15) is 10.7 Å². The van der Waals surface area contributed by atoms with Gasteiger partial charge in [0.2, 0.25) is 15.9 Å². The normalized spacial score (nSPS) is 25.1. The Kier molecular flexibility index (Phi) is 4.39. The molecule has 1 aliphatic heterocycles. The molecule has 0 bridgehead atoms. The Balaban J connectivity index is 1.83. The maximum absolute atomic E-state index is 14.0. The standard InChI is InChI=1S/C15H19FN2O4S/c1-10-8-12(10)15(19)17-11-2-3-13(16)14(9-11)23(20,21)18-4-6-22-7-5-18/h2-3,9-10,12H,4-8H2,1H3,(H,17,19)/t10-,12+/m1/s1. The number of benzene rings is 1. The molecule has 8 heteroatoms. The number of rotatable bonds is 4. The highest BCUT2D eigenvalue weighted by molar-refractivity contribution is 7.89. The monoisotopic (exact) mass is 342 g/mol. The molecule has 1 aromatic rings. The summed E-state index contributed by atoms with van der Waals surface area (Å²) in [5.41, 5.74) is 0.294. The number of hydrogen-bond donors (Lipinski definition) is 1. The van der Waals surface area contributed by atoms with Crippen molar-refractivity contribution in [3.63, 3.8) is 0 Å². The molecule has 1 aromatic carbocycles. The van der Waals surface area contributed by atoms with E-state index in [-0.39, 0.29) is 38.1 Å². The first-order chi connectivity index (χ1) is 10.9. The lowest BCUT2D eigenvalue weighted by Gasteiger charge is -2.26. The molecule has 0 unspecified atom stereocenters. The Hall–Kier alpha value is -1.51. The zero-order chi connectivity index (χ0) is 16.6. The zero-order valence-corrected chi connectivity index (χ0v) is 13.6. The number of sulfonamides is 1. The summed E-state index contributed by atoms with van der Waals surface area (Å²) in [5.74, 6) is -0.681. The van der Waals surface area contributed by atoms with Crippen molar-refractivity contribution < 1.29 is 22.3 Å². The van der Waals surface area contributed by atoms with E-state index in [2.05, 4.69) is 5.32 Å². The molecule has 0 aromatic heterocycles.